The summed E-state index contributed by atoms with van der Waals surface area (Å²) < 4.78 is 41.7. The Morgan fingerprint density at radius 2 is 1.68 bits per heavy atom. The van der Waals surface area contributed by atoms with Gasteiger partial charge in [-0.15, -0.1) is 0 Å². The molecule has 3 rings (SSSR count). The summed E-state index contributed by atoms with van der Waals surface area (Å²) in [4.78, 5) is 27.9. The molecule has 2 amide bonds. The molecule has 10 heteroatoms. The van der Waals surface area contributed by atoms with Crippen LogP contribution in [0.5, 0.6) is 0 Å². The number of para-hydroxylation sites is 1. The largest absolute Gasteiger partial charge is 0.354 e. The zero-order chi connectivity index (χ0) is 27.7. The average molecular weight is 560 g/mol. The smallest absolute Gasteiger partial charge is 0.264 e. The fourth-order valence-electron chi connectivity index (χ4n) is 3.81. The van der Waals surface area contributed by atoms with Crippen LogP contribution in [0, 0.1) is 5.82 Å². The van der Waals surface area contributed by atoms with Crippen LogP contribution < -0.4 is 9.62 Å². The van der Waals surface area contributed by atoms with Crippen LogP contribution in [-0.2, 0) is 26.2 Å². The first-order valence-corrected chi connectivity index (χ1v) is 14.1. The second kappa shape index (κ2) is 13.4. The molecule has 0 aromatic heterocycles. The predicted molar refractivity (Wildman–Crippen MR) is 147 cm³/mol. The predicted octanol–water partition coefficient (Wildman–Crippen LogP) is 5.01. The van der Waals surface area contributed by atoms with Crippen molar-refractivity contribution in [3.63, 3.8) is 0 Å². The standard InChI is InChI=1S/C28H31ClFN3O4S/c1-3-4-17-31-28(35)21(2)32(19-22-9-8-10-23(29)18-22)27(34)20-33(25-11-6-5-7-12-25)38(36,37)26-15-13-24(30)14-16-26/h5-16,18,21H,3-4,17,19-20H2,1-2H3,(H,31,35). The molecule has 0 fully saturated rings. The number of benzene rings is 3. The van der Waals surface area contributed by atoms with Gasteiger partial charge in [-0.25, -0.2) is 12.8 Å². The van der Waals surface area contributed by atoms with E-state index in [0.29, 0.717) is 17.1 Å². The maximum Gasteiger partial charge on any atom is 0.264 e. The lowest BCUT2D eigenvalue weighted by molar-refractivity contribution is -0.139. The molecule has 3 aromatic carbocycles. The number of rotatable bonds is 12. The van der Waals surface area contributed by atoms with Crippen LogP contribution in [0.4, 0.5) is 10.1 Å². The number of unbranched alkanes of at least 4 members (excludes halogenated alkanes) is 1. The Balaban J connectivity index is 1.97. The molecule has 1 N–H and O–H groups in total. The molecule has 38 heavy (non-hydrogen) atoms. The Bertz CT molecular complexity index is 1340. The van der Waals surface area contributed by atoms with Gasteiger partial charge in [0.2, 0.25) is 11.8 Å². The molecular weight excluding hydrogens is 529 g/mol. The van der Waals surface area contributed by atoms with Gasteiger partial charge in [-0.05, 0) is 67.4 Å². The first-order chi connectivity index (χ1) is 18.1. The van der Waals surface area contributed by atoms with E-state index in [0.717, 1.165) is 41.4 Å². The lowest BCUT2D eigenvalue weighted by Gasteiger charge is -2.32. The van der Waals surface area contributed by atoms with Gasteiger partial charge in [0.15, 0.2) is 0 Å². The molecular formula is C28H31ClFN3O4S. The summed E-state index contributed by atoms with van der Waals surface area (Å²) in [5.74, 6) is -1.51. The van der Waals surface area contributed by atoms with E-state index in [2.05, 4.69) is 5.32 Å². The molecule has 7 nitrogen and oxygen atoms in total. The maximum absolute atomic E-state index is 13.8. The molecule has 0 heterocycles. The SMILES string of the molecule is CCCCNC(=O)C(C)N(Cc1cccc(Cl)c1)C(=O)CN(c1ccccc1)S(=O)(=O)c1ccc(F)cc1. The molecule has 202 valence electrons. The zero-order valence-corrected chi connectivity index (χ0v) is 22.9. The van der Waals surface area contributed by atoms with Gasteiger partial charge < -0.3 is 10.2 Å². The number of hydrogen-bond donors (Lipinski definition) is 1. The van der Waals surface area contributed by atoms with E-state index < -0.39 is 34.3 Å². The fraction of sp³-hybridized carbons (Fsp3) is 0.286. The number of nitrogens with one attached hydrogen (secondary N) is 1. The van der Waals surface area contributed by atoms with Gasteiger partial charge in [-0.3, -0.25) is 13.9 Å². The highest BCUT2D eigenvalue weighted by Gasteiger charge is 2.32. The molecule has 0 radical (unpaired) electrons. The molecule has 0 saturated heterocycles. The first kappa shape index (κ1) is 29.1. The monoisotopic (exact) mass is 559 g/mol. The molecule has 3 aromatic rings. The lowest BCUT2D eigenvalue weighted by atomic mass is 10.1. The Labute approximate surface area is 228 Å². The molecule has 0 aliphatic heterocycles. The van der Waals surface area contributed by atoms with E-state index in [-0.39, 0.29) is 23.0 Å². The van der Waals surface area contributed by atoms with Gasteiger partial charge in [0.25, 0.3) is 10.0 Å². The van der Waals surface area contributed by atoms with Crippen molar-refractivity contribution in [1.29, 1.82) is 0 Å². The summed E-state index contributed by atoms with van der Waals surface area (Å²) >= 11 is 6.14. The summed E-state index contributed by atoms with van der Waals surface area (Å²) in [5.41, 5.74) is 0.944. The van der Waals surface area contributed by atoms with Crippen molar-refractivity contribution < 1.29 is 22.4 Å². The molecule has 1 atom stereocenters. The number of hydrogen-bond acceptors (Lipinski definition) is 4. The van der Waals surface area contributed by atoms with Crippen molar-refractivity contribution in [2.75, 3.05) is 17.4 Å². The minimum absolute atomic E-state index is 0.0426. The van der Waals surface area contributed by atoms with Crippen molar-refractivity contribution in [3.05, 3.63) is 95.3 Å². The number of nitrogens with zero attached hydrogens (tertiary/aromatic N) is 2. The second-order valence-corrected chi connectivity index (χ2v) is 11.1. The van der Waals surface area contributed by atoms with Gasteiger partial charge in [0, 0.05) is 18.1 Å². The van der Waals surface area contributed by atoms with E-state index in [4.69, 9.17) is 11.6 Å². The van der Waals surface area contributed by atoms with Crippen molar-refractivity contribution >= 4 is 39.1 Å². The topological polar surface area (TPSA) is 86.8 Å². The molecule has 0 spiro atoms. The van der Waals surface area contributed by atoms with E-state index in [1.807, 2.05) is 6.92 Å². The molecule has 0 saturated carbocycles. The van der Waals surface area contributed by atoms with Gasteiger partial charge in [-0.2, -0.15) is 0 Å². The minimum Gasteiger partial charge on any atom is -0.354 e. The first-order valence-electron chi connectivity index (χ1n) is 12.3. The second-order valence-electron chi connectivity index (χ2n) is 8.77. The van der Waals surface area contributed by atoms with Crippen molar-refractivity contribution in [1.82, 2.24) is 10.2 Å². The molecule has 0 aliphatic carbocycles. The maximum atomic E-state index is 13.8. The van der Waals surface area contributed by atoms with E-state index in [1.54, 1.807) is 61.5 Å². The van der Waals surface area contributed by atoms with Gasteiger partial charge in [-0.1, -0.05) is 55.3 Å². The van der Waals surface area contributed by atoms with E-state index in [1.165, 1.54) is 4.90 Å². The quantitative estimate of drug-likeness (QED) is 0.316. The summed E-state index contributed by atoms with van der Waals surface area (Å²) in [6.07, 6.45) is 1.69. The number of sulfonamides is 1. The molecule has 0 bridgehead atoms. The third-order valence-electron chi connectivity index (χ3n) is 5.96. The third kappa shape index (κ3) is 7.55. The lowest BCUT2D eigenvalue weighted by Crippen LogP contribution is -2.51. The summed E-state index contributed by atoms with van der Waals surface area (Å²) in [7, 11) is -4.25. The number of amides is 2. The highest BCUT2D eigenvalue weighted by atomic mass is 35.5. The number of carbonyl (C=O) groups excluding carboxylic acids is 2. The van der Waals surface area contributed by atoms with Crippen LogP contribution in [-0.4, -0.2) is 44.3 Å². The minimum atomic E-state index is -4.25. The Morgan fingerprint density at radius 1 is 1.00 bits per heavy atom. The third-order valence-corrected chi connectivity index (χ3v) is 7.99. The Morgan fingerprint density at radius 3 is 2.32 bits per heavy atom. The number of halogens is 2. The van der Waals surface area contributed by atoms with Gasteiger partial charge in [0.05, 0.1) is 10.6 Å². The van der Waals surface area contributed by atoms with E-state index in [9.17, 15) is 22.4 Å². The van der Waals surface area contributed by atoms with Crippen molar-refractivity contribution in [2.45, 2.75) is 44.2 Å². The number of anilines is 1. The summed E-state index contributed by atoms with van der Waals surface area (Å²) in [6.45, 7) is 3.54. The van der Waals surface area contributed by atoms with Crippen LogP contribution >= 0.6 is 11.6 Å². The Hall–Kier alpha value is -3.43. The summed E-state index contributed by atoms with van der Waals surface area (Å²) in [5, 5.41) is 3.31. The van der Waals surface area contributed by atoms with Crippen LogP contribution in [0.15, 0.2) is 83.8 Å². The van der Waals surface area contributed by atoms with Crippen LogP contribution in [0.3, 0.4) is 0 Å². The normalized spacial score (nSPS) is 12.0. The van der Waals surface area contributed by atoms with Crippen LogP contribution in [0.25, 0.3) is 0 Å². The Kier molecular flexibility index (Phi) is 10.3. The van der Waals surface area contributed by atoms with Crippen molar-refractivity contribution in [3.8, 4) is 0 Å². The zero-order valence-electron chi connectivity index (χ0n) is 21.3. The van der Waals surface area contributed by atoms with E-state index >= 15 is 0 Å². The van der Waals surface area contributed by atoms with Crippen LogP contribution in [0.1, 0.15) is 32.3 Å². The average Bonchev–Trinajstić information content (AvgIpc) is 2.90. The summed E-state index contributed by atoms with van der Waals surface area (Å²) in [6, 6.07) is 18.6. The van der Waals surface area contributed by atoms with Crippen LogP contribution in [0.2, 0.25) is 5.02 Å². The van der Waals surface area contributed by atoms with Gasteiger partial charge in [0.1, 0.15) is 18.4 Å². The fourth-order valence-corrected chi connectivity index (χ4v) is 5.43. The van der Waals surface area contributed by atoms with Gasteiger partial charge >= 0.3 is 0 Å². The highest BCUT2D eigenvalue weighted by Crippen LogP contribution is 2.25. The molecule has 1 unspecified atom stereocenters. The highest BCUT2D eigenvalue weighted by molar-refractivity contribution is 7.92. The van der Waals surface area contributed by atoms with Crippen molar-refractivity contribution in [2.24, 2.45) is 0 Å². The molecule has 0 aliphatic rings. The number of carbonyl (C=O) groups is 2.